The molecule has 122 valence electrons. The van der Waals surface area contributed by atoms with Crippen molar-refractivity contribution in [3.05, 3.63) is 54.2 Å². The number of nitrogen functional groups attached to an aromatic ring is 1. The molecule has 0 saturated carbocycles. The van der Waals surface area contributed by atoms with Gasteiger partial charge in [-0.25, -0.2) is 10.1 Å². The molecule has 0 atom stereocenters. The van der Waals surface area contributed by atoms with E-state index in [1.165, 1.54) is 0 Å². The van der Waals surface area contributed by atoms with E-state index in [0.717, 1.165) is 21.9 Å². The van der Waals surface area contributed by atoms with Crippen LogP contribution in [0.4, 0.5) is 17.2 Å². The van der Waals surface area contributed by atoms with Crippen LogP contribution >= 0.6 is 0 Å². The SMILES string of the molecule is Cc1ccc2cnc(N)c(/N=N/c3ccc(-c4nnn[nH]4)cc3)c2c1. The van der Waals surface area contributed by atoms with E-state index >= 15 is 0 Å². The molecule has 0 spiro atoms. The summed E-state index contributed by atoms with van der Waals surface area (Å²) in [5.41, 5.74) is 9.26. The highest BCUT2D eigenvalue weighted by atomic mass is 15.5. The van der Waals surface area contributed by atoms with Crippen LogP contribution in [0.1, 0.15) is 5.56 Å². The fourth-order valence-corrected chi connectivity index (χ4v) is 2.51. The predicted molar refractivity (Wildman–Crippen MR) is 94.7 cm³/mol. The van der Waals surface area contributed by atoms with Crippen molar-refractivity contribution in [3.63, 3.8) is 0 Å². The summed E-state index contributed by atoms with van der Waals surface area (Å²) < 4.78 is 0. The zero-order chi connectivity index (χ0) is 17.2. The first-order chi connectivity index (χ1) is 12.2. The first-order valence-electron chi connectivity index (χ1n) is 7.61. The number of benzene rings is 2. The molecule has 2 aromatic carbocycles. The number of aromatic amines is 1. The smallest absolute Gasteiger partial charge is 0.179 e. The summed E-state index contributed by atoms with van der Waals surface area (Å²) in [4.78, 5) is 4.19. The topological polar surface area (TPSA) is 118 Å². The number of aryl methyl sites for hydroxylation is 1. The minimum atomic E-state index is 0.353. The number of hydrogen-bond donors (Lipinski definition) is 2. The minimum absolute atomic E-state index is 0.353. The number of nitrogens with zero attached hydrogens (tertiary/aromatic N) is 6. The molecule has 3 N–H and O–H groups in total. The molecule has 8 heteroatoms. The maximum Gasteiger partial charge on any atom is 0.179 e. The summed E-state index contributed by atoms with van der Waals surface area (Å²) in [6.45, 7) is 2.02. The van der Waals surface area contributed by atoms with Crippen LogP contribution in [0.2, 0.25) is 0 Å². The van der Waals surface area contributed by atoms with Crippen LogP contribution in [-0.2, 0) is 0 Å². The zero-order valence-electron chi connectivity index (χ0n) is 13.4. The number of anilines is 1. The zero-order valence-corrected chi connectivity index (χ0v) is 13.4. The highest BCUT2D eigenvalue weighted by molar-refractivity contribution is 5.96. The molecule has 0 aliphatic carbocycles. The molecular formula is C17H14N8. The Hall–Kier alpha value is -3.68. The lowest BCUT2D eigenvalue weighted by molar-refractivity contribution is 0.881. The van der Waals surface area contributed by atoms with E-state index in [0.29, 0.717) is 23.0 Å². The van der Waals surface area contributed by atoms with Gasteiger partial charge in [0, 0.05) is 22.5 Å². The summed E-state index contributed by atoms with van der Waals surface area (Å²) in [6, 6.07) is 13.5. The van der Waals surface area contributed by atoms with E-state index in [9.17, 15) is 0 Å². The molecule has 0 fully saturated rings. The van der Waals surface area contributed by atoms with Gasteiger partial charge in [-0.05, 0) is 47.7 Å². The van der Waals surface area contributed by atoms with Crippen LogP contribution in [0.25, 0.3) is 22.2 Å². The Kier molecular flexibility index (Phi) is 3.62. The first-order valence-corrected chi connectivity index (χ1v) is 7.61. The van der Waals surface area contributed by atoms with Gasteiger partial charge in [0.25, 0.3) is 0 Å². The highest BCUT2D eigenvalue weighted by Gasteiger charge is 2.07. The third-order valence-corrected chi connectivity index (χ3v) is 3.80. The summed E-state index contributed by atoms with van der Waals surface area (Å²) >= 11 is 0. The van der Waals surface area contributed by atoms with E-state index in [1.54, 1.807) is 6.20 Å². The number of hydrogen-bond acceptors (Lipinski definition) is 7. The minimum Gasteiger partial charge on any atom is -0.382 e. The van der Waals surface area contributed by atoms with E-state index in [4.69, 9.17) is 5.73 Å². The van der Waals surface area contributed by atoms with Crippen molar-refractivity contribution in [2.24, 2.45) is 10.2 Å². The lowest BCUT2D eigenvalue weighted by Crippen LogP contribution is -1.91. The van der Waals surface area contributed by atoms with Gasteiger partial charge in [-0.15, -0.1) is 10.2 Å². The number of H-pyrrole nitrogens is 1. The molecule has 25 heavy (non-hydrogen) atoms. The number of rotatable bonds is 3. The number of nitrogens with one attached hydrogen (secondary N) is 1. The van der Waals surface area contributed by atoms with Crippen molar-refractivity contribution < 1.29 is 0 Å². The van der Waals surface area contributed by atoms with Crippen molar-refractivity contribution in [2.45, 2.75) is 6.92 Å². The summed E-state index contributed by atoms with van der Waals surface area (Å²) in [6.07, 6.45) is 1.74. The van der Waals surface area contributed by atoms with E-state index < -0.39 is 0 Å². The van der Waals surface area contributed by atoms with Gasteiger partial charge >= 0.3 is 0 Å². The molecule has 0 aliphatic rings. The Morgan fingerprint density at radius 1 is 1.04 bits per heavy atom. The summed E-state index contributed by atoms with van der Waals surface area (Å²) in [5.74, 6) is 0.952. The van der Waals surface area contributed by atoms with E-state index in [1.807, 2.05) is 49.4 Å². The number of fused-ring (bicyclic) bond motifs is 1. The Balaban J connectivity index is 1.69. The standard InChI is InChI=1S/C17H14N8/c1-10-2-3-12-9-19-16(18)15(14(12)8-10)21-20-13-6-4-11(5-7-13)17-22-24-25-23-17/h2-9H,1H3,(H2,18,19)(H,22,23,24,25)/b21-20+. The number of pyridine rings is 1. The van der Waals surface area contributed by atoms with E-state index in [2.05, 4.69) is 35.8 Å². The molecule has 0 amide bonds. The van der Waals surface area contributed by atoms with Crippen LogP contribution in [0.3, 0.4) is 0 Å². The van der Waals surface area contributed by atoms with Gasteiger partial charge in [0.05, 0.1) is 5.69 Å². The Morgan fingerprint density at radius 3 is 2.64 bits per heavy atom. The average molecular weight is 330 g/mol. The molecule has 2 heterocycles. The maximum atomic E-state index is 6.00. The quantitative estimate of drug-likeness (QED) is 0.555. The lowest BCUT2D eigenvalue weighted by atomic mass is 10.1. The molecular weight excluding hydrogens is 316 g/mol. The second kappa shape index (κ2) is 6.08. The average Bonchev–Trinajstić information content (AvgIpc) is 3.16. The molecule has 0 unspecified atom stereocenters. The molecule has 0 radical (unpaired) electrons. The molecule has 8 nitrogen and oxygen atoms in total. The Morgan fingerprint density at radius 2 is 1.88 bits per heavy atom. The third-order valence-electron chi connectivity index (χ3n) is 3.80. The van der Waals surface area contributed by atoms with Crippen LogP contribution in [-0.4, -0.2) is 25.6 Å². The van der Waals surface area contributed by atoms with Crippen molar-refractivity contribution in [2.75, 3.05) is 5.73 Å². The van der Waals surface area contributed by atoms with Crippen molar-refractivity contribution >= 4 is 28.0 Å². The second-order valence-electron chi connectivity index (χ2n) is 5.58. The van der Waals surface area contributed by atoms with Gasteiger partial charge in [-0.1, -0.05) is 17.7 Å². The lowest BCUT2D eigenvalue weighted by Gasteiger charge is -2.05. The molecule has 4 aromatic rings. The van der Waals surface area contributed by atoms with Gasteiger partial charge in [-0.3, -0.25) is 0 Å². The van der Waals surface area contributed by atoms with Crippen LogP contribution in [0.5, 0.6) is 0 Å². The van der Waals surface area contributed by atoms with Gasteiger partial charge in [0.1, 0.15) is 5.69 Å². The van der Waals surface area contributed by atoms with Crippen LogP contribution in [0, 0.1) is 6.92 Å². The van der Waals surface area contributed by atoms with Crippen molar-refractivity contribution in [1.82, 2.24) is 25.6 Å². The Bertz CT molecular complexity index is 1050. The van der Waals surface area contributed by atoms with Crippen molar-refractivity contribution in [3.8, 4) is 11.4 Å². The number of aromatic nitrogens is 5. The fourth-order valence-electron chi connectivity index (χ4n) is 2.51. The van der Waals surface area contributed by atoms with Crippen LogP contribution < -0.4 is 5.73 Å². The third kappa shape index (κ3) is 2.92. The first kappa shape index (κ1) is 14.9. The predicted octanol–water partition coefficient (Wildman–Crippen LogP) is 3.72. The maximum absolute atomic E-state index is 6.00. The summed E-state index contributed by atoms with van der Waals surface area (Å²) in [5, 5.41) is 24.2. The fraction of sp³-hybridized carbons (Fsp3) is 0.0588. The number of tetrazole rings is 1. The van der Waals surface area contributed by atoms with Gasteiger partial charge < -0.3 is 5.73 Å². The molecule has 0 saturated heterocycles. The normalized spacial score (nSPS) is 11.4. The molecule has 2 aromatic heterocycles. The van der Waals surface area contributed by atoms with E-state index in [-0.39, 0.29) is 0 Å². The van der Waals surface area contributed by atoms with Gasteiger partial charge in [0.15, 0.2) is 11.6 Å². The number of nitrogens with two attached hydrogens (primary N) is 1. The largest absolute Gasteiger partial charge is 0.382 e. The number of azo groups is 1. The summed E-state index contributed by atoms with van der Waals surface area (Å²) in [7, 11) is 0. The van der Waals surface area contributed by atoms with Crippen molar-refractivity contribution in [1.29, 1.82) is 0 Å². The van der Waals surface area contributed by atoms with Crippen LogP contribution in [0.15, 0.2) is 58.9 Å². The van der Waals surface area contributed by atoms with Gasteiger partial charge in [-0.2, -0.15) is 5.11 Å². The second-order valence-corrected chi connectivity index (χ2v) is 5.58. The monoisotopic (exact) mass is 330 g/mol. The molecule has 4 rings (SSSR count). The highest BCUT2D eigenvalue weighted by Crippen LogP contribution is 2.32. The molecule has 0 aliphatic heterocycles. The molecule has 0 bridgehead atoms. The van der Waals surface area contributed by atoms with Gasteiger partial charge in [0.2, 0.25) is 0 Å². The Labute approximate surface area is 142 Å².